The fraction of sp³-hybridized carbons (Fsp3) is 0.118. The molecule has 0 saturated heterocycles. The molecule has 6 rings (SSSR count). The molecule has 1 atom stereocenters. The van der Waals surface area contributed by atoms with Crippen LogP contribution in [0.25, 0.3) is 22.4 Å². The molecular formula is C34H30N2. The highest BCUT2D eigenvalue weighted by Gasteiger charge is 2.35. The number of anilines is 1. The average Bonchev–Trinajstić information content (AvgIpc) is 3.34. The van der Waals surface area contributed by atoms with E-state index in [0.29, 0.717) is 5.92 Å². The zero-order chi connectivity index (χ0) is 24.5. The molecule has 0 spiro atoms. The van der Waals surface area contributed by atoms with Crippen LogP contribution in [0.4, 0.5) is 5.69 Å². The number of hydrogen-bond donors (Lipinski definition) is 0. The van der Waals surface area contributed by atoms with E-state index in [-0.39, 0.29) is 6.04 Å². The lowest BCUT2D eigenvalue weighted by molar-refractivity contribution is -0.619. The molecular weight excluding hydrogens is 436 g/mol. The standard InChI is InChI=1S/C34H30N2/c1-25(2)26-20-22-29(23-21-26)35-24-36-32(28-14-7-4-8-15-28)18-11-19-33(36)34(35)31-17-10-9-16-30(31)27-12-5-3-6-13-27/h3-25,34H,1-2H3. The van der Waals surface area contributed by atoms with Gasteiger partial charge in [-0.05, 0) is 58.0 Å². The number of fused-ring (bicyclic) bond motifs is 1. The fourth-order valence-corrected chi connectivity index (χ4v) is 5.24. The molecule has 5 aromatic rings. The summed E-state index contributed by atoms with van der Waals surface area (Å²) in [4.78, 5) is 2.42. The number of aromatic nitrogens is 1. The number of benzene rings is 4. The molecule has 0 bridgehead atoms. The van der Waals surface area contributed by atoms with E-state index < -0.39 is 0 Å². The third kappa shape index (κ3) is 3.95. The predicted molar refractivity (Wildman–Crippen MR) is 149 cm³/mol. The van der Waals surface area contributed by atoms with Crippen molar-refractivity contribution in [1.29, 1.82) is 0 Å². The van der Waals surface area contributed by atoms with Gasteiger partial charge in [-0.2, -0.15) is 0 Å². The van der Waals surface area contributed by atoms with Crippen molar-refractivity contribution in [2.75, 3.05) is 4.90 Å². The van der Waals surface area contributed by atoms with Gasteiger partial charge < -0.3 is 9.47 Å². The molecule has 36 heavy (non-hydrogen) atoms. The van der Waals surface area contributed by atoms with Gasteiger partial charge in [0.2, 0.25) is 0 Å². The molecule has 1 aliphatic rings. The molecule has 0 radical (unpaired) electrons. The Bertz CT molecular complexity index is 1470. The van der Waals surface area contributed by atoms with Gasteiger partial charge in [-0.3, -0.25) is 0 Å². The van der Waals surface area contributed by atoms with Gasteiger partial charge in [0.1, 0.15) is 18.1 Å². The largest absolute Gasteiger partial charge is 0.342 e. The van der Waals surface area contributed by atoms with Gasteiger partial charge in [-0.25, -0.2) is 0 Å². The zero-order valence-electron chi connectivity index (χ0n) is 20.8. The van der Waals surface area contributed by atoms with Crippen LogP contribution >= 0.6 is 0 Å². The lowest BCUT2D eigenvalue weighted by Gasteiger charge is -2.28. The quantitative estimate of drug-likeness (QED) is 0.188. The first-order valence-electron chi connectivity index (χ1n) is 12.7. The fourth-order valence-electron chi connectivity index (χ4n) is 5.24. The van der Waals surface area contributed by atoms with E-state index in [1.807, 2.05) is 0 Å². The second-order valence-corrected chi connectivity index (χ2v) is 9.70. The normalized spacial score (nSPS) is 14.5. The topological polar surface area (TPSA) is 7.12 Å². The third-order valence-electron chi connectivity index (χ3n) is 7.12. The van der Waals surface area contributed by atoms with E-state index in [4.69, 9.17) is 0 Å². The first kappa shape index (κ1) is 22.2. The van der Waals surface area contributed by atoms with E-state index in [9.17, 15) is 0 Å². The van der Waals surface area contributed by atoms with Gasteiger partial charge >= 0.3 is 0 Å². The van der Waals surface area contributed by atoms with Crippen molar-refractivity contribution >= 4 is 5.69 Å². The highest BCUT2D eigenvalue weighted by Crippen LogP contribution is 2.41. The van der Waals surface area contributed by atoms with Crippen LogP contribution in [0.5, 0.6) is 0 Å². The lowest BCUT2D eigenvalue weighted by atomic mass is 9.92. The maximum Gasteiger partial charge on any atom is 0.145 e. The molecule has 0 amide bonds. The van der Waals surface area contributed by atoms with Crippen molar-refractivity contribution < 1.29 is 4.57 Å². The van der Waals surface area contributed by atoms with Crippen LogP contribution in [-0.4, -0.2) is 0 Å². The summed E-state index contributed by atoms with van der Waals surface area (Å²) in [5.74, 6) is 0.507. The molecule has 4 aromatic carbocycles. The summed E-state index contributed by atoms with van der Waals surface area (Å²) in [6.07, 6.45) is 0. The molecule has 0 saturated carbocycles. The van der Waals surface area contributed by atoms with Crippen molar-refractivity contribution in [3.05, 3.63) is 151 Å². The Morgan fingerprint density at radius 1 is 0.639 bits per heavy atom. The number of nitrogens with zero attached hydrogens (tertiary/aromatic N) is 2. The second kappa shape index (κ2) is 9.39. The maximum absolute atomic E-state index is 2.42. The van der Waals surface area contributed by atoms with E-state index in [1.165, 1.54) is 44.9 Å². The van der Waals surface area contributed by atoms with Crippen molar-refractivity contribution in [2.45, 2.75) is 25.8 Å². The highest BCUT2D eigenvalue weighted by molar-refractivity contribution is 5.71. The summed E-state index contributed by atoms with van der Waals surface area (Å²) in [5, 5.41) is 0. The lowest BCUT2D eigenvalue weighted by Crippen LogP contribution is -2.36. The minimum atomic E-state index is 0.0509. The summed E-state index contributed by atoms with van der Waals surface area (Å²) in [6.45, 7) is 6.76. The van der Waals surface area contributed by atoms with Gasteiger partial charge in [-0.1, -0.05) is 117 Å². The molecule has 0 N–H and O–H groups in total. The van der Waals surface area contributed by atoms with Crippen LogP contribution in [-0.2, 0) is 0 Å². The SMILES string of the molecule is CC(C)c1ccc(N2[CH-][n+]3c(-c4ccccc4)cccc3C2c2ccccc2-c2ccccc2)cc1. The smallest absolute Gasteiger partial charge is 0.145 e. The molecule has 1 aliphatic heterocycles. The van der Waals surface area contributed by atoms with Gasteiger partial charge in [0, 0.05) is 5.69 Å². The number of pyridine rings is 1. The molecule has 1 aromatic heterocycles. The number of rotatable bonds is 5. The summed E-state index contributed by atoms with van der Waals surface area (Å²) in [6, 6.07) is 45.9. The molecule has 1 unspecified atom stereocenters. The Hall–Kier alpha value is -4.30. The summed E-state index contributed by atoms with van der Waals surface area (Å²) < 4.78 is 2.36. The average molecular weight is 467 g/mol. The van der Waals surface area contributed by atoms with Crippen molar-refractivity contribution in [1.82, 2.24) is 0 Å². The van der Waals surface area contributed by atoms with Crippen molar-refractivity contribution in [3.8, 4) is 22.4 Å². The molecule has 0 fully saturated rings. The molecule has 2 heteroatoms. The Morgan fingerprint density at radius 2 is 1.28 bits per heavy atom. The predicted octanol–water partition coefficient (Wildman–Crippen LogP) is 8.01. The first-order valence-corrected chi connectivity index (χ1v) is 12.7. The molecule has 2 nitrogen and oxygen atoms in total. The summed E-state index contributed by atoms with van der Waals surface area (Å²) in [7, 11) is 0. The van der Waals surface area contributed by atoms with Gasteiger partial charge in [0.15, 0.2) is 0 Å². The van der Waals surface area contributed by atoms with Crippen LogP contribution in [0.15, 0.2) is 127 Å². The third-order valence-corrected chi connectivity index (χ3v) is 7.12. The van der Waals surface area contributed by atoms with Crippen molar-refractivity contribution in [2.24, 2.45) is 0 Å². The van der Waals surface area contributed by atoms with Crippen molar-refractivity contribution in [3.63, 3.8) is 0 Å². The van der Waals surface area contributed by atoms with E-state index in [2.05, 4.69) is 157 Å². The van der Waals surface area contributed by atoms with Crippen LogP contribution in [0.1, 0.15) is 42.6 Å². The van der Waals surface area contributed by atoms with Crippen LogP contribution in [0.3, 0.4) is 0 Å². The van der Waals surface area contributed by atoms with Gasteiger partial charge in [-0.15, -0.1) is 0 Å². The zero-order valence-corrected chi connectivity index (χ0v) is 20.8. The van der Waals surface area contributed by atoms with Gasteiger partial charge in [0.25, 0.3) is 0 Å². The number of hydrogen-bond acceptors (Lipinski definition) is 1. The molecule has 176 valence electrons. The van der Waals surface area contributed by atoms with E-state index >= 15 is 0 Å². The molecule has 2 heterocycles. The highest BCUT2D eigenvalue weighted by atomic mass is 15.3. The summed E-state index contributed by atoms with van der Waals surface area (Å²) in [5.41, 5.74) is 10.0. The Balaban J connectivity index is 1.54. The van der Waals surface area contributed by atoms with Crippen LogP contribution in [0.2, 0.25) is 0 Å². The Morgan fingerprint density at radius 3 is 1.97 bits per heavy atom. The maximum atomic E-state index is 2.42. The Kier molecular flexibility index (Phi) is 5.79. The monoisotopic (exact) mass is 466 g/mol. The molecule has 0 aliphatic carbocycles. The second-order valence-electron chi connectivity index (χ2n) is 9.70. The van der Waals surface area contributed by atoms with Crippen LogP contribution < -0.4 is 9.47 Å². The minimum absolute atomic E-state index is 0.0509. The first-order chi connectivity index (χ1) is 17.7. The Labute approximate surface area is 214 Å². The van der Waals surface area contributed by atoms with E-state index in [1.54, 1.807) is 0 Å². The minimum Gasteiger partial charge on any atom is -0.342 e. The van der Waals surface area contributed by atoms with Gasteiger partial charge in [0.05, 0.1) is 6.04 Å². The summed E-state index contributed by atoms with van der Waals surface area (Å²) >= 11 is 0. The van der Waals surface area contributed by atoms with E-state index in [0.717, 1.165) is 0 Å². The van der Waals surface area contributed by atoms with Crippen LogP contribution in [0, 0.1) is 6.67 Å².